The van der Waals surface area contributed by atoms with Gasteiger partial charge in [-0.3, -0.25) is 0 Å². The van der Waals surface area contributed by atoms with Crippen molar-refractivity contribution in [2.24, 2.45) is 0 Å². The minimum absolute atomic E-state index is 0.378. The normalized spacial score (nSPS) is 25.7. The van der Waals surface area contributed by atoms with Crippen molar-refractivity contribution in [1.29, 1.82) is 0 Å². The number of aliphatic hydroxyl groups is 4. The fourth-order valence-corrected chi connectivity index (χ4v) is 3.99. The highest BCUT2D eigenvalue weighted by Crippen LogP contribution is 2.41. The van der Waals surface area contributed by atoms with E-state index in [1.165, 1.54) is 0 Å². The molecular formula is C21H17NO4. The van der Waals surface area contributed by atoms with Crippen LogP contribution in [0.2, 0.25) is 0 Å². The monoisotopic (exact) mass is 347 g/mol. The highest BCUT2D eigenvalue weighted by atomic mass is 16.4. The predicted molar refractivity (Wildman–Crippen MR) is 98.7 cm³/mol. The van der Waals surface area contributed by atoms with Gasteiger partial charge in [0.15, 0.2) is 0 Å². The quantitative estimate of drug-likeness (QED) is 0.289. The van der Waals surface area contributed by atoms with Gasteiger partial charge in [0.25, 0.3) is 0 Å². The molecule has 1 aliphatic carbocycles. The van der Waals surface area contributed by atoms with E-state index in [2.05, 4.69) is 0 Å². The van der Waals surface area contributed by atoms with Gasteiger partial charge < -0.3 is 20.4 Å². The summed E-state index contributed by atoms with van der Waals surface area (Å²) in [5.74, 6) is 0. The molecule has 0 saturated heterocycles. The molecule has 26 heavy (non-hydrogen) atoms. The molecule has 1 heterocycles. The maximum absolute atomic E-state index is 10.5. The van der Waals surface area contributed by atoms with Gasteiger partial charge in [-0.05, 0) is 28.5 Å². The van der Waals surface area contributed by atoms with Crippen LogP contribution in [0.4, 0.5) is 0 Å². The Balaban J connectivity index is 1.88. The second-order valence-corrected chi connectivity index (χ2v) is 6.85. The molecule has 0 unspecified atom stereocenters. The van der Waals surface area contributed by atoms with E-state index in [1.807, 2.05) is 48.5 Å². The number of pyridine rings is 1. The van der Waals surface area contributed by atoms with Crippen molar-refractivity contribution in [2.45, 2.75) is 24.4 Å². The van der Waals surface area contributed by atoms with Crippen molar-refractivity contribution >= 4 is 32.6 Å². The summed E-state index contributed by atoms with van der Waals surface area (Å²) in [7, 11) is 0. The van der Waals surface area contributed by atoms with Crippen molar-refractivity contribution < 1.29 is 20.4 Å². The van der Waals surface area contributed by atoms with E-state index in [9.17, 15) is 20.4 Å². The Morgan fingerprint density at radius 2 is 1.42 bits per heavy atom. The number of aliphatic hydroxyl groups excluding tert-OH is 4. The molecule has 3 aromatic carbocycles. The van der Waals surface area contributed by atoms with E-state index >= 15 is 0 Å². The Kier molecular flexibility index (Phi) is 3.29. The van der Waals surface area contributed by atoms with Crippen molar-refractivity contribution in [3.63, 3.8) is 0 Å². The first kappa shape index (κ1) is 15.7. The third-order valence-corrected chi connectivity index (χ3v) is 5.37. The summed E-state index contributed by atoms with van der Waals surface area (Å²) in [6, 6.07) is 17.5. The third kappa shape index (κ3) is 2.03. The summed E-state index contributed by atoms with van der Waals surface area (Å²) in [5.41, 5.74) is 2.08. The molecule has 0 aliphatic heterocycles. The minimum Gasteiger partial charge on any atom is -0.387 e. The first-order chi connectivity index (χ1) is 12.6. The zero-order chi connectivity index (χ0) is 18.0. The van der Waals surface area contributed by atoms with Crippen LogP contribution in [0.25, 0.3) is 32.6 Å². The van der Waals surface area contributed by atoms with Crippen LogP contribution in [0, 0.1) is 0 Å². The zero-order valence-electron chi connectivity index (χ0n) is 13.7. The zero-order valence-corrected chi connectivity index (χ0v) is 13.7. The van der Waals surface area contributed by atoms with Gasteiger partial charge >= 0.3 is 0 Å². The van der Waals surface area contributed by atoms with E-state index in [-0.39, 0.29) is 0 Å². The molecule has 0 fully saturated rings. The van der Waals surface area contributed by atoms with Crippen LogP contribution in [-0.4, -0.2) is 37.6 Å². The first-order valence-electron chi connectivity index (χ1n) is 8.53. The fourth-order valence-electron chi connectivity index (χ4n) is 3.99. The van der Waals surface area contributed by atoms with Crippen LogP contribution in [-0.2, 0) is 0 Å². The summed E-state index contributed by atoms with van der Waals surface area (Å²) in [6.45, 7) is 0. The molecule has 1 aliphatic rings. The molecule has 0 amide bonds. The molecule has 0 radical (unpaired) electrons. The topological polar surface area (TPSA) is 93.8 Å². The summed E-state index contributed by atoms with van der Waals surface area (Å²) < 4.78 is 0. The maximum atomic E-state index is 10.5. The van der Waals surface area contributed by atoms with E-state index in [4.69, 9.17) is 4.98 Å². The first-order valence-corrected chi connectivity index (χ1v) is 8.53. The molecule has 0 bridgehead atoms. The van der Waals surface area contributed by atoms with Gasteiger partial charge in [0.2, 0.25) is 0 Å². The second-order valence-electron chi connectivity index (χ2n) is 6.85. The largest absolute Gasteiger partial charge is 0.387 e. The van der Waals surface area contributed by atoms with Crippen LogP contribution in [0.5, 0.6) is 0 Å². The molecule has 0 saturated carbocycles. The lowest BCUT2D eigenvalue weighted by Gasteiger charge is -2.35. The number of aromatic nitrogens is 1. The average Bonchev–Trinajstić information content (AvgIpc) is 2.68. The lowest BCUT2D eigenvalue weighted by molar-refractivity contribution is -0.119. The third-order valence-electron chi connectivity index (χ3n) is 5.37. The van der Waals surface area contributed by atoms with Crippen molar-refractivity contribution in [3.8, 4) is 0 Å². The molecule has 4 atom stereocenters. The smallest absolute Gasteiger partial charge is 0.113 e. The minimum atomic E-state index is -1.46. The Morgan fingerprint density at radius 1 is 0.692 bits per heavy atom. The van der Waals surface area contributed by atoms with E-state index in [0.717, 1.165) is 27.1 Å². The Bertz CT molecular complexity index is 1170. The SMILES string of the molecule is O[C@@H]1[C@@H](O)[C@@H](O)c2c(ccc3cc4c(ccc5ccccc54)nc23)[C@H]1O. The molecule has 5 heteroatoms. The molecule has 1 aromatic heterocycles. The van der Waals surface area contributed by atoms with Gasteiger partial charge in [0, 0.05) is 16.3 Å². The molecule has 130 valence electrons. The number of fused-ring (bicyclic) bond motifs is 6. The molecule has 4 N–H and O–H groups in total. The van der Waals surface area contributed by atoms with Gasteiger partial charge in [-0.1, -0.05) is 42.5 Å². The lowest BCUT2D eigenvalue weighted by Crippen LogP contribution is -2.41. The number of nitrogens with zero attached hydrogens (tertiary/aromatic N) is 1. The Morgan fingerprint density at radius 3 is 2.27 bits per heavy atom. The second kappa shape index (κ2) is 5.46. The van der Waals surface area contributed by atoms with Gasteiger partial charge in [0.05, 0.1) is 11.0 Å². The van der Waals surface area contributed by atoms with Crippen molar-refractivity contribution in [1.82, 2.24) is 4.98 Å². The molecule has 5 rings (SSSR count). The highest BCUT2D eigenvalue weighted by Gasteiger charge is 2.40. The molecule has 4 aromatic rings. The number of hydrogen-bond donors (Lipinski definition) is 4. The number of benzene rings is 3. The van der Waals surface area contributed by atoms with Crippen LogP contribution in [0.1, 0.15) is 23.3 Å². The van der Waals surface area contributed by atoms with Crippen molar-refractivity contribution in [3.05, 3.63) is 65.7 Å². The lowest BCUT2D eigenvalue weighted by atomic mass is 9.82. The van der Waals surface area contributed by atoms with E-state index in [0.29, 0.717) is 16.6 Å². The van der Waals surface area contributed by atoms with Gasteiger partial charge in [-0.15, -0.1) is 0 Å². The van der Waals surface area contributed by atoms with E-state index < -0.39 is 24.4 Å². The maximum Gasteiger partial charge on any atom is 0.113 e. The van der Waals surface area contributed by atoms with Crippen LogP contribution in [0.15, 0.2) is 54.6 Å². The summed E-state index contributed by atoms with van der Waals surface area (Å²) >= 11 is 0. The highest BCUT2D eigenvalue weighted by molar-refractivity contribution is 6.09. The summed E-state index contributed by atoms with van der Waals surface area (Å²) in [6.07, 6.45) is -5.46. The van der Waals surface area contributed by atoms with E-state index in [1.54, 1.807) is 6.07 Å². The Hall–Kier alpha value is -2.57. The number of hydrogen-bond acceptors (Lipinski definition) is 5. The summed E-state index contributed by atoms with van der Waals surface area (Å²) in [4.78, 5) is 4.72. The molecular weight excluding hydrogens is 330 g/mol. The molecule has 0 spiro atoms. The Labute approximate surface area is 148 Å². The van der Waals surface area contributed by atoms with Crippen molar-refractivity contribution in [2.75, 3.05) is 0 Å². The van der Waals surface area contributed by atoms with Gasteiger partial charge in [-0.25, -0.2) is 4.98 Å². The van der Waals surface area contributed by atoms with Crippen LogP contribution in [0.3, 0.4) is 0 Å². The summed E-state index contributed by atoms with van der Waals surface area (Å²) in [5, 5.41) is 44.8. The average molecular weight is 347 g/mol. The van der Waals surface area contributed by atoms with Crippen LogP contribution < -0.4 is 0 Å². The number of rotatable bonds is 0. The predicted octanol–water partition coefficient (Wildman–Crippen LogP) is 2.34. The van der Waals surface area contributed by atoms with Crippen LogP contribution >= 0.6 is 0 Å². The standard InChI is InChI=1S/C21H17NO4/c23-18-13-7-5-11-9-14-12-4-2-1-3-10(12)6-8-15(14)22-17(11)16(13)19(24)21(26)20(18)25/h1-9,18-21,23-26H/t18-,19+,20+,21+/m1/s1. The van der Waals surface area contributed by atoms with Gasteiger partial charge in [-0.2, -0.15) is 0 Å². The molecule has 5 nitrogen and oxygen atoms in total. The fraction of sp³-hybridized carbons (Fsp3) is 0.190. The van der Waals surface area contributed by atoms with Gasteiger partial charge in [0.1, 0.15) is 24.4 Å².